The molecule has 0 radical (unpaired) electrons. The van der Waals surface area contributed by atoms with Crippen LogP contribution in [0.3, 0.4) is 0 Å². The Balaban J connectivity index is 1.72. The smallest absolute Gasteiger partial charge is 0.335 e. The van der Waals surface area contributed by atoms with Gasteiger partial charge >= 0.3 is 12.0 Å². The number of imide groups is 1. The molecule has 3 heterocycles. The van der Waals surface area contributed by atoms with Crippen molar-refractivity contribution in [3.8, 4) is 0 Å². The zero-order valence-electron chi connectivity index (χ0n) is 21.0. The molecule has 0 saturated carbocycles. The van der Waals surface area contributed by atoms with Crippen molar-refractivity contribution in [1.29, 1.82) is 0 Å². The number of amides is 3. The van der Waals surface area contributed by atoms with E-state index >= 15 is 0 Å². The van der Waals surface area contributed by atoms with Crippen molar-refractivity contribution < 1.29 is 24.2 Å². The summed E-state index contributed by atoms with van der Waals surface area (Å²) in [7, 11) is 1.43. The highest BCUT2D eigenvalue weighted by atomic mass is 32.1. The molecular formula is C26H29N5O5S. The largest absolute Gasteiger partial charge is 0.478 e. The summed E-state index contributed by atoms with van der Waals surface area (Å²) < 4.78 is 7.10. The van der Waals surface area contributed by atoms with Gasteiger partial charge in [-0.15, -0.1) is 11.3 Å². The first-order chi connectivity index (χ1) is 17.8. The number of carboxylic acid groups (broad SMARTS) is 1. The SMILES string of the molecule is CCCCc1ncc(C=C2C(=O)N(COC)C(=O)N2Cc2csc(C)n2)n1Cc1ccc(C(=O)O)cc1. The summed E-state index contributed by atoms with van der Waals surface area (Å²) in [6.07, 6.45) is 6.07. The number of carbonyl (C=O) groups is 3. The topological polar surface area (TPSA) is 118 Å². The van der Waals surface area contributed by atoms with Crippen LogP contribution in [-0.4, -0.2) is 61.2 Å². The number of imidazole rings is 1. The van der Waals surface area contributed by atoms with Crippen LogP contribution >= 0.6 is 11.3 Å². The number of aryl methyl sites for hydroxylation is 2. The molecule has 2 aromatic heterocycles. The number of hydrogen-bond acceptors (Lipinski definition) is 7. The van der Waals surface area contributed by atoms with Crippen molar-refractivity contribution in [1.82, 2.24) is 24.3 Å². The number of benzene rings is 1. The monoisotopic (exact) mass is 523 g/mol. The molecule has 1 aliphatic heterocycles. The lowest BCUT2D eigenvalue weighted by Crippen LogP contribution is -2.34. The van der Waals surface area contributed by atoms with Crippen LogP contribution in [0.25, 0.3) is 6.08 Å². The lowest BCUT2D eigenvalue weighted by molar-refractivity contribution is -0.126. The molecular weight excluding hydrogens is 494 g/mol. The van der Waals surface area contributed by atoms with Crippen molar-refractivity contribution in [3.63, 3.8) is 0 Å². The van der Waals surface area contributed by atoms with E-state index in [1.165, 1.54) is 23.3 Å². The molecule has 4 rings (SSSR count). The number of aromatic nitrogens is 3. The standard InChI is InChI=1S/C26H29N5O5S/c1-4-5-6-23-27-12-21(29(23)13-18-7-9-19(10-8-18)25(33)34)11-22-24(32)31(16-36-3)26(35)30(22)14-20-15-37-17(2)28-20/h7-12,15H,4-6,13-14,16H2,1-3H3,(H,33,34). The lowest BCUT2D eigenvalue weighted by atomic mass is 10.1. The van der Waals surface area contributed by atoms with Gasteiger partial charge in [-0.1, -0.05) is 25.5 Å². The number of urea groups is 1. The summed E-state index contributed by atoms with van der Waals surface area (Å²) >= 11 is 1.48. The highest BCUT2D eigenvalue weighted by molar-refractivity contribution is 7.09. The van der Waals surface area contributed by atoms with Gasteiger partial charge in [-0.25, -0.2) is 24.5 Å². The number of ether oxygens (including phenoxy) is 1. The Hall–Kier alpha value is -3.83. The Kier molecular flexibility index (Phi) is 8.14. The molecule has 1 aromatic carbocycles. The first-order valence-corrected chi connectivity index (χ1v) is 12.8. The Morgan fingerprint density at radius 2 is 1.92 bits per heavy atom. The predicted octanol–water partition coefficient (Wildman–Crippen LogP) is 4.15. The number of aromatic carboxylic acids is 1. The third-order valence-corrected chi connectivity index (χ3v) is 6.83. The van der Waals surface area contributed by atoms with Crippen LogP contribution in [0, 0.1) is 6.92 Å². The fourth-order valence-electron chi connectivity index (χ4n) is 4.10. The summed E-state index contributed by atoms with van der Waals surface area (Å²) in [5.74, 6) is -0.584. The third kappa shape index (κ3) is 5.78. The van der Waals surface area contributed by atoms with Crippen molar-refractivity contribution in [2.75, 3.05) is 13.8 Å². The quantitative estimate of drug-likeness (QED) is 0.296. The zero-order chi connectivity index (χ0) is 26.5. The predicted molar refractivity (Wildman–Crippen MR) is 138 cm³/mol. The van der Waals surface area contributed by atoms with Gasteiger partial charge in [-0.05, 0) is 37.1 Å². The molecule has 0 spiro atoms. The van der Waals surface area contributed by atoms with E-state index in [-0.39, 0.29) is 24.5 Å². The second-order valence-corrected chi connectivity index (χ2v) is 9.76. The molecule has 1 fully saturated rings. The second kappa shape index (κ2) is 11.5. The molecule has 37 heavy (non-hydrogen) atoms. The van der Waals surface area contributed by atoms with E-state index in [2.05, 4.69) is 16.9 Å². The molecule has 3 amide bonds. The van der Waals surface area contributed by atoms with Gasteiger partial charge in [0.05, 0.1) is 34.7 Å². The Labute approximate surface area is 218 Å². The fraction of sp³-hybridized carbons (Fsp3) is 0.346. The molecule has 11 heteroatoms. The van der Waals surface area contributed by atoms with Crippen molar-refractivity contribution in [2.24, 2.45) is 0 Å². The molecule has 0 aliphatic carbocycles. The molecule has 1 saturated heterocycles. The molecule has 1 aliphatic rings. The van der Waals surface area contributed by atoms with E-state index < -0.39 is 17.9 Å². The number of hydrogen-bond donors (Lipinski definition) is 1. The van der Waals surface area contributed by atoms with Gasteiger partial charge in [0.2, 0.25) is 0 Å². The fourth-order valence-corrected chi connectivity index (χ4v) is 4.71. The number of carboxylic acids is 1. The van der Waals surface area contributed by atoms with Gasteiger partial charge in [0.15, 0.2) is 0 Å². The van der Waals surface area contributed by atoms with Crippen LogP contribution in [0.5, 0.6) is 0 Å². The van der Waals surface area contributed by atoms with Crippen LogP contribution in [0.4, 0.5) is 4.79 Å². The van der Waals surface area contributed by atoms with Gasteiger partial charge in [0.1, 0.15) is 18.3 Å². The second-order valence-electron chi connectivity index (χ2n) is 8.70. The highest BCUT2D eigenvalue weighted by Crippen LogP contribution is 2.27. The van der Waals surface area contributed by atoms with Crippen LogP contribution < -0.4 is 0 Å². The summed E-state index contributed by atoms with van der Waals surface area (Å²) in [6.45, 7) is 4.44. The summed E-state index contributed by atoms with van der Waals surface area (Å²) in [4.78, 5) is 49.2. The normalized spacial score (nSPS) is 14.8. The minimum Gasteiger partial charge on any atom is -0.478 e. The molecule has 10 nitrogen and oxygen atoms in total. The van der Waals surface area contributed by atoms with Crippen LogP contribution in [-0.2, 0) is 29.0 Å². The Morgan fingerprint density at radius 3 is 2.54 bits per heavy atom. The Morgan fingerprint density at radius 1 is 1.16 bits per heavy atom. The van der Waals surface area contributed by atoms with E-state index in [0.717, 1.165) is 40.6 Å². The minimum atomic E-state index is -0.983. The molecule has 3 aromatic rings. The maximum absolute atomic E-state index is 13.3. The van der Waals surface area contributed by atoms with E-state index in [4.69, 9.17) is 4.74 Å². The summed E-state index contributed by atoms with van der Waals surface area (Å²) in [5.41, 5.74) is 2.69. The van der Waals surface area contributed by atoms with Gasteiger partial charge in [0, 0.05) is 25.5 Å². The zero-order valence-corrected chi connectivity index (χ0v) is 21.8. The molecule has 0 bridgehead atoms. The third-order valence-electron chi connectivity index (χ3n) is 6.01. The Bertz CT molecular complexity index is 1330. The van der Waals surface area contributed by atoms with Gasteiger partial charge < -0.3 is 14.4 Å². The highest BCUT2D eigenvalue weighted by Gasteiger charge is 2.41. The van der Waals surface area contributed by atoms with Gasteiger partial charge in [-0.2, -0.15) is 0 Å². The number of nitrogens with zero attached hydrogens (tertiary/aromatic N) is 5. The first-order valence-electron chi connectivity index (χ1n) is 11.9. The molecule has 1 N–H and O–H groups in total. The van der Waals surface area contributed by atoms with E-state index in [0.29, 0.717) is 17.9 Å². The summed E-state index contributed by atoms with van der Waals surface area (Å²) in [5, 5.41) is 12.0. The lowest BCUT2D eigenvalue weighted by Gasteiger charge is -2.16. The number of methoxy groups -OCH3 is 1. The maximum atomic E-state index is 13.3. The van der Waals surface area contributed by atoms with Crippen molar-refractivity contribution in [2.45, 2.75) is 46.2 Å². The number of thiazole rings is 1. The van der Waals surface area contributed by atoms with Crippen molar-refractivity contribution in [3.05, 3.63) is 74.9 Å². The van der Waals surface area contributed by atoms with Gasteiger partial charge in [-0.3, -0.25) is 9.69 Å². The minimum absolute atomic E-state index is 0.154. The summed E-state index contributed by atoms with van der Waals surface area (Å²) in [6, 6.07) is 6.21. The maximum Gasteiger partial charge on any atom is 0.335 e. The molecule has 0 atom stereocenters. The van der Waals surface area contributed by atoms with Gasteiger partial charge in [0.25, 0.3) is 5.91 Å². The number of rotatable bonds is 11. The number of carbonyl (C=O) groups excluding carboxylic acids is 2. The van der Waals surface area contributed by atoms with Crippen molar-refractivity contribution >= 4 is 35.3 Å². The van der Waals surface area contributed by atoms with Crippen LogP contribution in [0.2, 0.25) is 0 Å². The number of unbranched alkanes of at least 4 members (excludes halogenated alkanes) is 1. The molecule has 0 unspecified atom stereocenters. The average Bonchev–Trinajstić information content (AvgIpc) is 3.53. The van der Waals surface area contributed by atoms with E-state index in [9.17, 15) is 19.5 Å². The molecule has 194 valence electrons. The van der Waals surface area contributed by atoms with Crippen LogP contribution in [0.1, 0.15) is 57.9 Å². The van der Waals surface area contributed by atoms with E-state index in [1.54, 1.807) is 36.5 Å². The van der Waals surface area contributed by atoms with E-state index in [1.807, 2.05) is 16.9 Å². The van der Waals surface area contributed by atoms with Crippen LogP contribution in [0.15, 0.2) is 41.5 Å². The average molecular weight is 524 g/mol. The first kappa shape index (κ1) is 26.2.